The summed E-state index contributed by atoms with van der Waals surface area (Å²) < 4.78 is 10.9. The molecule has 3 N–H and O–H groups in total. The highest BCUT2D eigenvalue weighted by molar-refractivity contribution is 5.86. The van der Waals surface area contributed by atoms with Crippen LogP contribution in [0.4, 0.5) is 0 Å². The molecule has 1 unspecified atom stereocenters. The molecule has 0 radical (unpaired) electrons. The van der Waals surface area contributed by atoms with E-state index in [4.69, 9.17) is 9.47 Å². The molecule has 1 atom stereocenters. The number of guanidine groups is 1. The molecule has 168 valence electrons. The van der Waals surface area contributed by atoms with Crippen molar-refractivity contribution >= 4 is 11.9 Å². The molecular formula is C24H34N4O3. The number of nitrogens with zero attached hydrogens (tertiary/aromatic N) is 1. The largest absolute Gasteiger partial charge is 0.497 e. The molecule has 0 spiro atoms. The molecule has 1 amide bonds. The second-order valence-electron chi connectivity index (χ2n) is 7.69. The van der Waals surface area contributed by atoms with Crippen LogP contribution >= 0.6 is 0 Å². The number of hydrogen-bond acceptors (Lipinski definition) is 4. The van der Waals surface area contributed by atoms with Gasteiger partial charge >= 0.3 is 0 Å². The summed E-state index contributed by atoms with van der Waals surface area (Å²) in [7, 11) is 3.31. The molecule has 7 heteroatoms. The number of benzene rings is 2. The van der Waals surface area contributed by atoms with Crippen LogP contribution in [0, 0.1) is 5.92 Å². The Morgan fingerprint density at radius 3 is 2.19 bits per heavy atom. The fourth-order valence-corrected chi connectivity index (χ4v) is 2.77. The molecule has 0 aliphatic rings. The van der Waals surface area contributed by atoms with Crippen LogP contribution in [0.1, 0.15) is 37.9 Å². The van der Waals surface area contributed by atoms with Crippen molar-refractivity contribution in [1.82, 2.24) is 16.0 Å². The Bertz CT molecular complexity index is 833. The molecular weight excluding hydrogens is 392 g/mol. The molecule has 0 fully saturated rings. The van der Waals surface area contributed by atoms with Gasteiger partial charge in [-0.05, 0) is 48.2 Å². The average molecular weight is 427 g/mol. The normalized spacial score (nSPS) is 12.3. The van der Waals surface area contributed by atoms with Crippen LogP contribution < -0.4 is 25.4 Å². The quantitative estimate of drug-likeness (QED) is 0.401. The maximum atomic E-state index is 12.2. The lowest BCUT2D eigenvalue weighted by molar-refractivity contribution is -0.120. The van der Waals surface area contributed by atoms with Crippen molar-refractivity contribution in [2.24, 2.45) is 10.9 Å². The smallest absolute Gasteiger partial charge is 0.239 e. The summed E-state index contributed by atoms with van der Waals surface area (Å²) in [5.74, 6) is 2.59. The molecule has 0 saturated heterocycles. The number of amides is 1. The second kappa shape index (κ2) is 12.5. The van der Waals surface area contributed by atoms with Gasteiger partial charge in [0.1, 0.15) is 11.5 Å². The van der Waals surface area contributed by atoms with Gasteiger partial charge in [0.15, 0.2) is 5.96 Å². The van der Waals surface area contributed by atoms with Crippen molar-refractivity contribution in [2.75, 3.05) is 27.3 Å². The highest BCUT2D eigenvalue weighted by Crippen LogP contribution is 2.18. The number of carbonyl (C=O) groups excluding carboxylic acids is 1. The summed E-state index contributed by atoms with van der Waals surface area (Å²) in [6, 6.07) is 15.6. The van der Waals surface area contributed by atoms with Crippen LogP contribution in [0.25, 0.3) is 0 Å². The first-order valence-corrected chi connectivity index (χ1v) is 10.5. The second-order valence-corrected chi connectivity index (χ2v) is 7.69. The first kappa shape index (κ1) is 24.1. The summed E-state index contributed by atoms with van der Waals surface area (Å²) in [6.45, 7) is 7.57. The molecule has 2 aromatic rings. The van der Waals surface area contributed by atoms with Gasteiger partial charge in [-0.25, -0.2) is 0 Å². The molecule has 0 aromatic heterocycles. The molecule has 0 saturated carbocycles. The molecule has 0 bridgehead atoms. The van der Waals surface area contributed by atoms with Crippen LogP contribution in [0.15, 0.2) is 53.5 Å². The molecule has 0 aliphatic carbocycles. The zero-order chi connectivity index (χ0) is 22.6. The zero-order valence-electron chi connectivity index (χ0n) is 19.1. The van der Waals surface area contributed by atoms with Gasteiger partial charge in [0.25, 0.3) is 0 Å². The molecule has 0 heterocycles. The minimum atomic E-state index is -0.113. The highest BCUT2D eigenvalue weighted by Gasteiger charge is 2.10. The van der Waals surface area contributed by atoms with Crippen molar-refractivity contribution in [3.8, 4) is 11.5 Å². The summed E-state index contributed by atoms with van der Waals surface area (Å²) in [5.41, 5.74) is 2.11. The molecule has 7 nitrogen and oxygen atoms in total. The van der Waals surface area contributed by atoms with Gasteiger partial charge in [-0.15, -0.1) is 0 Å². The summed E-state index contributed by atoms with van der Waals surface area (Å²) in [4.78, 5) is 16.4. The fourth-order valence-electron chi connectivity index (χ4n) is 2.77. The Balaban J connectivity index is 1.77. The van der Waals surface area contributed by atoms with E-state index in [1.165, 1.54) is 0 Å². The van der Waals surface area contributed by atoms with E-state index in [-0.39, 0.29) is 18.5 Å². The number of carbonyl (C=O) groups is 1. The van der Waals surface area contributed by atoms with E-state index in [0.717, 1.165) is 22.6 Å². The Kier molecular flexibility index (Phi) is 9.68. The van der Waals surface area contributed by atoms with Crippen molar-refractivity contribution < 1.29 is 14.3 Å². The lowest BCUT2D eigenvalue weighted by atomic mass is 10.1. The van der Waals surface area contributed by atoms with Crippen LogP contribution in [-0.4, -0.2) is 39.2 Å². The molecule has 2 rings (SSSR count). The number of nitrogens with one attached hydrogen (secondary N) is 3. The number of ether oxygens (including phenoxy) is 2. The van der Waals surface area contributed by atoms with E-state index in [9.17, 15) is 4.79 Å². The SMILES string of the molecule is CN=C(NCC(=O)NCc1ccc(OC)cc1)NC(C)c1ccc(OCC(C)C)cc1. The summed E-state index contributed by atoms with van der Waals surface area (Å²) >= 11 is 0. The van der Waals surface area contributed by atoms with Crippen molar-refractivity contribution in [2.45, 2.75) is 33.4 Å². The van der Waals surface area contributed by atoms with Gasteiger partial charge in [-0.2, -0.15) is 0 Å². The number of hydrogen-bond donors (Lipinski definition) is 3. The lowest BCUT2D eigenvalue weighted by Gasteiger charge is -2.18. The maximum absolute atomic E-state index is 12.2. The van der Waals surface area contributed by atoms with Crippen LogP contribution in [0.5, 0.6) is 11.5 Å². The van der Waals surface area contributed by atoms with Crippen LogP contribution in [0.3, 0.4) is 0 Å². The monoisotopic (exact) mass is 426 g/mol. The fraction of sp³-hybridized carbons (Fsp3) is 0.417. The van der Waals surface area contributed by atoms with Gasteiger partial charge in [-0.3, -0.25) is 9.79 Å². The van der Waals surface area contributed by atoms with E-state index in [1.54, 1.807) is 14.2 Å². The number of rotatable bonds is 10. The van der Waals surface area contributed by atoms with E-state index in [1.807, 2.05) is 55.5 Å². The van der Waals surface area contributed by atoms with Crippen molar-refractivity contribution in [1.29, 1.82) is 0 Å². The van der Waals surface area contributed by atoms with E-state index >= 15 is 0 Å². The van der Waals surface area contributed by atoms with E-state index in [2.05, 4.69) is 34.8 Å². The Morgan fingerprint density at radius 1 is 0.968 bits per heavy atom. The standard InChI is InChI=1S/C24H34N4O3/c1-17(2)16-31-22-12-8-20(9-13-22)18(3)28-24(25-4)27-15-23(29)26-14-19-6-10-21(30-5)11-7-19/h6-13,17-18H,14-16H2,1-5H3,(H,26,29)(H2,25,27,28). The third-order valence-corrected chi connectivity index (χ3v) is 4.61. The van der Waals surface area contributed by atoms with E-state index < -0.39 is 0 Å². The predicted octanol–water partition coefficient (Wildman–Crippen LogP) is 3.27. The Labute approximate surface area is 185 Å². The van der Waals surface area contributed by atoms with Crippen LogP contribution in [-0.2, 0) is 11.3 Å². The van der Waals surface area contributed by atoms with Gasteiger partial charge in [-0.1, -0.05) is 38.1 Å². The summed E-state index contributed by atoms with van der Waals surface area (Å²) in [6.07, 6.45) is 0. The van der Waals surface area contributed by atoms with E-state index in [0.29, 0.717) is 25.0 Å². The van der Waals surface area contributed by atoms with Gasteiger partial charge in [0.05, 0.1) is 26.3 Å². The Morgan fingerprint density at radius 2 is 1.61 bits per heavy atom. The molecule has 0 aliphatic heterocycles. The first-order valence-electron chi connectivity index (χ1n) is 10.5. The average Bonchev–Trinajstić information content (AvgIpc) is 2.79. The molecule has 2 aromatic carbocycles. The first-order chi connectivity index (χ1) is 14.9. The van der Waals surface area contributed by atoms with Crippen molar-refractivity contribution in [3.63, 3.8) is 0 Å². The van der Waals surface area contributed by atoms with Crippen LogP contribution in [0.2, 0.25) is 0 Å². The van der Waals surface area contributed by atoms with Gasteiger partial charge in [0, 0.05) is 13.6 Å². The Hall–Kier alpha value is -3.22. The third-order valence-electron chi connectivity index (χ3n) is 4.61. The lowest BCUT2D eigenvalue weighted by Crippen LogP contribution is -2.43. The minimum absolute atomic E-state index is 0.0210. The van der Waals surface area contributed by atoms with Crippen molar-refractivity contribution in [3.05, 3.63) is 59.7 Å². The number of aliphatic imine (C=N–C) groups is 1. The molecule has 31 heavy (non-hydrogen) atoms. The number of methoxy groups -OCH3 is 1. The van der Waals surface area contributed by atoms with Gasteiger partial charge in [0.2, 0.25) is 5.91 Å². The minimum Gasteiger partial charge on any atom is -0.497 e. The summed E-state index contributed by atoms with van der Waals surface area (Å²) in [5, 5.41) is 9.24. The highest BCUT2D eigenvalue weighted by atomic mass is 16.5. The zero-order valence-corrected chi connectivity index (χ0v) is 19.1. The predicted molar refractivity (Wildman–Crippen MR) is 125 cm³/mol. The maximum Gasteiger partial charge on any atom is 0.239 e. The van der Waals surface area contributed by atoms with Gasteiger partial charge < -0.3 is 25.4 Å². The third kappa shape index (κ3) is 8.58. The topological polar surface area (TPSA) is 84.0 Å².